The Morgan fingerprint density at radius 2 is 1.93 bits per heavy atom. The Hall–Kier alpha value is -2.29. The number of nitro benzene ring substituents is 1. The second-order valence-electron chi connectivity index (χ2n) is 7.12. The topological polar surface area (TPSA) is 108 Å². The van der Waals surface area contributed by atoms with Gasteiger partial charge in [0.1, 0.15) is 5.60 Å². The number of benzene rings is 1. The first kappa shape index (κ1) is 22.8. The Morgan fingerprint density at radius 3 is 2.41 bits per heavy atom. The van der Waals surface area contributed by atoms with E-state index in [1.807, 2.05) is 13.8 Å². The fraction of sp³-hybridized carbons (Fsp3) is 0.556. The van der Waals surface area contributed by atoms with Crippen LogP contribution in [0.15, 0.2) is 23.1 Å². The summed E-state index contributed by atoms with van der Waals surface area (Å²) in [6, 6.07) is 3.57. The van der Waals surface area contributed by atoms with Crippen LogP contribution in [0.5, 0.6) is 0 Å². The SMILES string of the molecule is COC(=O)C[C@@H](NC(=O)OC(C)(C)C)c1cc([N+](=O)[O-])ccc1SC(C)C. The minimum atomic E-state index is -0.826. The van der Waals surface area contributed by atoms with Crippen LogP contribution in [0.2, 0.25) is 0 Å². The van der Waals surface area contributed by atoms with Gasteiger partial charge >= 0.3 is 12.1 Å². The molecule has 8 nitrogen and oxygen atoms in total. The highest BCUT2D eigenvalue weighted by molar-refractivity contribution is 8.00. The summed E-state index contributed by atoms with van der Waals surface area (Å²) < 4.78 is 9.97. The van der Waals surface area contributed by atoms with Crippen LogP contribution >= 0.6 is 11.8 Å². The smallest absolute Gasteiger partial charge is 0.408 e. The Bertz CT molecular complexity index is 700. The molecule has 0 aliphatic heterocycles. The molecule has 0 heterocycles. The van der Waals surface area contributed by atoms with Crippen molar-refractivity contribution in [2.24, 2.45) is 0 Å². The predicted molar refractivity (Wildman–Crippen MR) is 103 cm³/mol. The van der Waals surface area contributed by atoms with Crippen LogP contribution in [-0.2, 0) is 14.3 Å². The van der Waals surface area contributed by atoms with Gasteiger partial charge in [0, 0.05) is 22.3 Å². The van der Waals surface area contributed by atoms with Gasteiger partial charge in [0.15, 0.2) is 0 Å². The molecule has 0 aliphatic carbocycles. The molecule has 0 aliphatic rings. The molecule has 0 saturated heterocycles. The normalized spacial score (nSPS) is 12.4. The maximum atomic E-state index is 12.2. The zero-order valence-corrected chi connectivity index (χ0v) is 17.2. The summed E-state index contributed by atoms with van der Waals surface area (Å²) in [4.78, 5) is 35.5. The molecule has 1 aromatic rings. The van der Waals surface area contributed by atoms with E-state index in [2.05, 4.69) is 5.32 Å². The summed E-state index contributed by atoms with van der Waals surface area (Å²) in [6.45, 7) is 9.11. The Balaban J connectivity index is 3.32. The first-order valence-electron chi connectivity index (χ1n) is 8.44. The van der Waals surface area contributed by atoms with Crippen LogP contribution < -0.4 is 5.32 Å². The van der Waals surface area contributed by atoms with Gasteiger partial charge < -0.3 is 14.8 Å². The summed E-state index contributed by atoms with van der Waals surface area (Å²) >= 11 is 1.48. The van der Waals surface area contributed by atoms with E-state index >= 15 is 0 Å². The van der Waals surface area contributed by atoms with Gasteiger partial charge in [-0.2, -0.15) is 0 Å². The lowest BCUT2D eigenvalue weighted by molar-refractivity contribution is -0.385. The van der Waals surface area contributed by atoms with E-state index in [4.69, 9.17) is 9.47 Å². The average Bonchev–Trinajstić information content (AvgIpc) is 2.51. The Morgan fingerprint density at radius 1 is 1.30 bits per heavy atom. The Labute approximate surface area is 163 Å². The summed E-state index contributed by atoms with van der Waals surface area (Å²) in [5.41, 5.74) is -0.379. The predicted octanol–water partition coefficient (Wildman–Crippen LogP) is 4.22. The molecule has 0 aromatic heterocycles. The van der Waals surface area contributed by atoms with Crippen molar-refractivity contribution in [1.82, 2.24) is 5.32 Å². The minimum Gasteiger partial charge on any atom is -0.469 e. The summed E-state index contributed by atoms with van der Waals surface area (Å²) in [7, 11) is 1.24. The van der Waals surface area contributed by atoms with Gasteiger partial charge in [-0.3, -0.25) is 14.9 Å². The van der Waals surface area contributed by atoms with Gasteiger partial charge in [0.2, 0.25) is 0 Å². The zero-order chi connectivity index (χ0) is 20.8. The van der Waals surface area contributed by atoms with Gasteiger partial charge in [0.25, 0.3) is 5.69 Å². The molecule has 1 amide bonds. The number of carbonyl (C=O) groups excluding carboxylic acids is 2. The minimum absolute atomic E-state index is 0.126. The van der Waals surface area contributed by atoms with Gasteiger partial charge in [-0.05, 0) is 32.4 Å². The molecular formula is C18H26N2O6S. The first-order valence-corrected chi connectivity index (χ1v) is 9.32. The molecule has 0 fully saturated rings. The molecule has 0 spiro atoms. The van der Waals surface area contributed by atoms with Crippen molar-refractivity contribution in [3.8, 4) is 0 Å². The second kappa shape index (κ2) is 9.59. The Kier molecular flexibility index (Phi) is 8.08. The lowest BCUT2D eigenvalue weighted by Gasteiger charge is -2.25. The highest BCUT2D eigenvalue weighted by Crippen LogP contribution is 2.34. The van der Waals surface area contributed by atoms with Crippen molar-refractivity contribution in [1.29, 1.82) is 0 Å². The van der Waals surface area contributed by atoms with Crippen molar-refractivity contribution in [2.75, 3.05) is 7.11 Å². The molecule has 150 valence electrons. The van der Waals surface area contributed by atoms with Crippen molar-refractivity contribution in [3.05, 3.63) is 33.9 Å². The lowest BCUT2D eigenvalue weighted by Crippen LogP contribution is -2.36. The molecule has 1 aromatic carbocycles. The number of ether oxygens (including phenoxy) is 2. The van der Waals surface area contributed by atoms with E-state index in [1.165, 1.54) is 31.0 Å². The number of nitro groups is 1. The van der Waals surface area contributed by atoms with Gasteiger partial charge in [-0.25, -0.2) is 4.79 Å². The molecular weight excluding hydrogens is 372 g/mol. The number of non-ortho nitro benzene ring substituents is 1. The molecule has 0 unspecified atom stereocenters. The van der Waals surface area contributed by atoms with Crippen LogP contribution in [0.4, 0.5) is 10.5 Å². The molecule has 0 saturated carbocycles. The monoisotopic (exact) mass is 398 g/mol. The third-order valence-electron chi connectivity index (χ3n) is 3.23. The highest BCUT2D eigenvalue weighted by Gasteiger charge is 2.26. The van der Waals surface area contributed by atoms with Gasteiger partial charge in [-0.15, -0.1) is 11.8 Å². The number of esters is 1. The third-order valence-corrected chi connectivity index (χ3v) is 4.33. The zero-order valence-electron chi connectivity index (χ0n) is 16.4. The number of nitrogens with zero attached hydrogens (tertiary/aromatic N) is 1. The number of rotatable bonds is 7. The number of nitrogens with one attached hydrogen (secondary N) is 1. The van der Waals surface area contributed by atoms with E-state index in [0.29, 0.717) is 5.56 Å². The summed E-state index contributed by atoms with van der Waals surface area (Å²) in [6.07, 6.45) is -0.897. The molecule has 0 radical (unpaired) electrons. The van der Waals surface area contributed by atoms with Crippen molar-refractivity contribution in [2.45, 2.75) is 62.8 Å². The maximum absolute atomic E-state index is 12.2. The third kappa shape index (κ3) is 7.86. The number of alkyl carbamates (subject to hydrolysis) is 1. The fourth-order valence-corrected chi connectivity index (χ4v) is 3.21. The van der Waals surface area contributed by atoms with Gasteiger partial charge in [-0.1, -0.05) is 13.8 Å². The number of thioether (sulfide) groups is 1. The summed E-state index contributed by atoms with van der Waals surface area (Å²) in [5, 5.41) is 14.0. The van der Waals surface area contributed by atoms with Gasteiger partial charge in [0.05, 0.1) is 24.5 Å². The van der Waals surface area contributed by atoms with Crippen molar-refractivity contribution >= 4 is 29.5 Å². The lowest BCUT2D eigenvalue weighted by atomic mass is 10.0. The number of amides is 1. The van der Waals surface area contributed by atoms with Crippen LogP contribution in [0.25, 0.3) is 0 Å². The van der Waals surface area contributed by atoms with Crippen molar-refractivity contribution < 1.29 is 24.0 Å². The highest BCUT2D eigenvalue weighted by atomic mass is 32.2. The van der Waals surface area contributed by atoms with Crippen LogP contribution in [0, 0.1) is 10.1 Å². The van der Waals surface area contributed by atoms with E-state index in [-0.39, 0.29) is 17.4 Å². The number of hydrogen-bond donors (Lipinski definition) is 1. The summed E-state index contributed by atoms with van der Waals surface area (Å²) in [5.74, 6) is -0.553. The molecule has 1 rings (SSSR count). The van der Waals surface area contributed by atoms with Crippen LogP contribution in [-0.4, -0.2) is 34.9 Å². The van der Waals surface area contributed by atoms with E-state index in [9.17, 15) is 19.7 Å². The van der Waals surface area contributed by atoms with E-state index in [1.54, 1.807) is 26.8 Å². The maximum Gasteiger partial charge on any atom is 0.408 e. The molecule has 0 bridgehead atoms. The average molecular weight is 398 g/mol. The first-order chi connectivity index (χ1) is 12.4. The number of methoxy groups -OCH3 is 1. The quantitative estimate of drug-likeness (QED) is 0.317. The van der Waals surface area contributed by atoms with E-state index < -0.39 is 28.6 Å². The number of carbonyl (C=O) groups is 2. The number of hydrogen-bond acceptors (Lipinski definition) is 7. The molecule has 1 N–H and O–H groups in total. The van der Waals surface area contributed by atoms with Crippen LogP contribution in [0.1, 0.15) is 52.6 Å². The molecule has 27 heavy (non-hydrogen) atoms. The second-order valence-corrected chi connectivity index (χ2v) is 8.74. The fourth-order valence-electron chi connectivity index (χ4n) is 2.22. The van der Waals surface area contributed by atoms with E-state index in [0.717, 1.165) is 4.90 Å². The van der Waals surface area contributed by atoms with Crippen molar-refractivity contribution in [3.63, 3.8) is 0 Å². The largest absolute Gasteiger partial charge is 0.469 e. The molecule has 1 atom stereocenters. The van der Waals surface area contributed by atoms with Crippen LogP contribution in [0.3, 0.4) is 0 Å². The standard InChI is InChI=1S/C18H26N2O6S/c1-11(2)27-15-8-7-12(20(23)24)9-13(15)14(10-16(21)25-6)19-17(22)26-18(3,4)5/h7-9,11,14H,10H2,1-6H3,(H,19,22)/t14-/m1/s1. The molecule has 9 heteroatoms.